The molecule has 3 heterocycles. The Morgan fingerprint density at radius 2 is 1.88 bits per heavy atom. The van der Waals surface area contributed by atoms with Crippen molar-refractivity contribution in [1.29, 1.82) is 5.26 Å². The molecule has 174 valence electrons. The second-order valence-corrected chi connectivity index (χ2v) is 9.37. The molecule has 4 amide bonds. The molecule has 3 fully saturated rings. The lowest BCUT2D eigenvalue weighted by atomic mass is 9.66. The minimum absolute atomic E-state index is 0.117. The van der Waals surface area contributed by atoms with Gasteiger partial charge in [0.2, 0.25) is 11.8 Å². The molecule has 2 bridgehead atoms. The number of imide groups is 1. The van der Waals surface area contributed by atoms with Gasteiger partial charge in [-0.2, -0.15) is 5.26 Å². The van der Waals surface area contributed by atoms with Crippen LogP contribution in [0.25, 0.3) is 0 Å². The number of alkyl halides is 1. The summed E-state index contributed by atoms with van der Waals surface area (Å²) in [6.45, 7) is 2.64. The molecule has 34 heavy (non-hydrogen) atoms. The van der Waals surface area contributed by atoms with Crippen molar-refractivity contribution in [3.05, 3.63) is 59.7 Å². The highest BCUT2D eigenvalue weighted by Gasteiger charge is 2.76. The van der Waals surface area contributed by atoms with Crippen LogP contribution in [0.2, 0.25) is 0 Å². The number of rotatable bonds is 4. The third-order valence-corrected chi connectivity index (χ3v) is 7.28. The van der Waals surface area contributed by atoms with Crippen molar-refractivity contribution in [3.8, 4) is 6.07 Å². The molecule has 3 aliphatic rings. The first-order chi connectivity index (χ1) is 16.2. The number of carbonyl (C=O) groups excluding carboxylic acids is 3. The minimum atomic E-state index is -1.09. The van der Waals surface area contributed by atoms with Gasteiger partial charge in [0.05, 0.1) is 46.4 Å². The van der Waals surface area contributed by atoms with Crippen molar-refractivity contribution in [3.63, 3.8) is 0 Å². The summed E-state index contributed by atoms with van der Waals surface area (Å²) in [5, 5.41) is 14.8. The van der Waals surface area contributed by atoms with E-state index in [0.29, 0.717) is 12.1 Å². The Morgan fingerprint density at radius 3 is 2.56 bits per heavy atom. The summed E-state index contributed by atoms with van der Waals surface area (Å²) in [6.07, 6.45) is 0.364. The number of nitrogens with zero attached hydrogens (tertiary/aromatic N) is 2. The fourth-order valence-electron chi connectivity index (χ4n) is 5.79. The highest BCUT2D eigenvalue weighted by atomic mass is 19.1. The number of nitriles is 1. The Balaban J connectivity index is 1.42. The topological polar surface area (TPSA) is 112 Å². The molecule has 5 rings (SSSR count). The van der Waals surface area contributed by atoms with E-state index in [0.717, 1.165) is 4.90 Å². The van der Waals surface area contributed by atoms with Crippen LogP contribution in [0.4, 0.5) is 20.6 Å². The van der Waals surface area contributed by atoms with Crippen LogP contribution in [-0.4, -0.2) is 35.1 Å². The number of carbonyl (C=O) groups is 3. The Morgan fingerprint density at radius 1 is 1.18 bits per heavy atom. The van der Waals surface area contributed by atoms with E-state index < -0.39 is 53.6 Å². The van der Waals surface area contributed by atoms with Gasteiger partial charge in [0.15, 0.2) is 0 Å². The third-order valence-electron chi connectivity index (χ3n) is 7.28. The van der Waals surface area contributed by atoms with Gasteiger partial charge in [0.1, 0.15) is 6.67 Å². The maximum absolute atomic E-state index is 13.5. The molecule has 3 aliphatic heterocycles. The average molecular weight is 462 g/mol. The number of halogens is 1. The van der Waals surface area contributed by atoms with E-state index in [1.807, 2.05) is 12.1 Å². The van der Waals surface area contributed by atoms with Crippen LogP contribution in [0.3, 0.4) is 0 Å². The van der Waals surface area contributed by atoms with Gasteiger partial charge in [-0.15, -0.1) is 0 Å². The van der Waals surface area contributed by atoms with Crippen LogP contribution in [0.15, 0.2) is 48.5 Å². The normalized spacial score (nSPS) is 31.4. The number of fused-ring (bicyclic) bond motifs is 5. The van der Waals surface area contributed by atoms with Crippen LogP contribution in [0.5, 0.6) is 0 Å². The lowest BCUT2D eigenvalue weighted by Crippen LogP contribution is -2.57. The second kappa shape index (κ2) is 7.64. The van der Waals surface area contributed by atoms with Crippen LogP contribution in [0.1, 0.15) is 31.4 Å². The molecule has 0 aliphatic carbocycles. The van der Waals surface area contributed by atoms with Gasteiger partial charge in [-0.1, -0.05) is 18.2 Å². The third kappa shape index (κ3) is 3.10. The number of hydrogen-bond donors (Lipinski definition) is 2. The standard InChI is InChI=1S/C25H23FN4O4/c1-24-11-18(29-23(33)28-16-6-4-3-5-7-16)25(2,34-24)20-19(24)21(31)30(22(20)32)17-9-8-14(13-27)15(10-17)12-26/h3-10,18-20H,11-12H2,1-2H3,(H2,28,29,33)/t18-,19-,20+,24?,25?/m0/s1. The highest BCUT2D eigenvalue weighted by molar-refractivity contribution is 6.23. The molecule has 9 heteroatoms. The number of anilines is 2. The van der Waals surface area contributed by atoms with Crippen molar-refractivity contribution in [2.75, 3.05) is 10.2 Å². The lowest BCUT2D eigenvalue weighted by Gasteiger charge is -2.35. The lowest BCUT2D eigenvalue weighted by molar-refractivity contribution is -0.129. The van der Waals surface area contributed by atoms with E-state index in [4.69, 9.17) is 10.00 Å². The maximum Gasteiger partial charge on any atom is 0.319 e. The Hall–Kier alpha value is -3.77. The Kier molecular flexibility index (Phi) is 4.95. The molecular formula is C25H23FN4O4. The fourth-order valence-corrected chi connectivity index (χ4v) is 5.79. The van der Waals surface area contributed by atoms with Crippen LogP contribution >= 0.6 is 0 Å². The fraction of sp³-hybridized carbons (Fsp3) is 0.360. The monoisotopic (exact) mass is 462 g/mol. The number of amides is 4. The Labute approximate surface area is 195 Å². The van der Waals surface area contributed by atoms with E-state index >= 15 is 0 Å². The van der Waals surface area contributed by atoms with E-state index in [9.17, 15) is 18.8 Å². The average Bonchev–Trinajstić information content (AvgIpc) is 3.34. The van der Waals surface area contributed by atoms with Gasteiger partial charge in [-0.25, -0.2) is 14.1 Å². The summed E-state index contributed by atoms with van der Waals surface area (Å²) in [5.74, 6) is -2.39. The number of para-hydroxylation sites is 1. The molecule has 3 saturated heterocycles. The largest absolute Gasteiger partial charge is 0.365 e. The summed E-state index contributed by atoms with van der Waals surface area (Å²) in [5.41, 5.74) is -0.908. The van der Waals surface area contributed by atoms with Gasteiger partial charge < -0.3 is 15.4 Å². The van der Waals surface area contributed by atoms with Crippen LogP contribution < -0.4 is 15.5 Å². The summed E-state index contributed by atoms with van der Waals surface area (Å²) >= 11 is 0. The number of ether oxygens (including phenoxy) is 1. The molecule has 5 atom stereocenters. The van der Waals surface area contributed by atoms with Crippen molar-refractivity contribution < 1.29 is 23.5 Å². The van der Waals surface area contributed by atoms with Crippen molar-refractivity contribution in [2.24, 2.45) is 11.8 Å². The van der Waals surface area contributed by atoms with Gasteiger partial charge >= 0.3 is 6.03 Å². The first-order valence-electron chi connectivity index (χ1n) is 11.0. The van der Waals surface area contributed by atoms with E-state index in [1.54, 1.807) is 38.1 Å². The molecule has 2 N–H and O–H groups in total. The molecule has 0 spiro atoms. The summed E-state index contributed by atoms with van der Waals surface area (Å²) in [4.78, 5) is 40.7. The predicted octanol–water partition coefficient (Wildman–Crippen LogP) is 3.27. The molecule has 0 aromatic heterocycles. The summed E-state index contributed by atoms with van der Waals surface area (Å²) < 4.78 is 19.7. The maximum atomic E-state index is 13.5. The van der Waals surface area contributed by atoms with Gasteiger partial charge in [-0.05, 0) is 44.2 Å². The number of urea groups is 1. The van der Waals surface area contributed by atoms with Crippen molar-refractivity contribution >= 4 is 29.2 Å². The first-order valence-corrected chi connectivity index (χ1v) is 11.0. The summed E-state index contributed by atoms with van der Waals surface area (Å²) in [6, 6.07) is 14.2. The van der Waals surface area contributed by atoms with Crippen LogP contribution in [-0.2, 0) is 21.0 Å². The van der Waals surface area contributed by atoms with E-state index in [2.05, 4.69) is 10.6 Å². The minimum Gasteiger partial charge on any atom is -0.365 e. The van der Waals surface area contributed by atoms with Gasteiger partial charge in [0, 0.05) is 17.7 Å². The van der Waals surface area contributed by atoms with Gasteiger partial charge in [-0.3, -0.25) is 9.59 Å². The zero-order chi connectivity index (χ0) is 24.3. The highest BCUT2D eigenvalue weighted by Crippen LogP contribution is 2.61. The zero-order valence-corrected chi connectivity index (χ0v) is 18.7. The first kappa shape index (κ1) is 22.0. The van der Waals surface area contributed by atoms with Crippen molar-refractivity contribution in [2.45, 2.75) is 44.2 Å². The molecule has 8 nitrogen and oxygen atoms in total. The second-order valence-electron chi connectivity index (χ2n) is 9.37. The number of benzene rings is 2. The van der Waals surface area contributed by atoms with E-state index in [1.165, 1.54) is 18.2 Å². The van der Waals surface area contributed by atoms with Crippen molar-refractivity contribution in [1.82, 2.24) is 5.32 Å². The summed E-state index contributed by atoms with van der Waals surface area (Å²) in [7, 11) is 0. The number of hydrogen-bond acceptors (Lipinski definition) is 5. The smallest absolute Gasteiger partial charge is 0.319 e. The molecule has 2 unspecified atom stereocenters. The zero-order valence-electron chi connectivity index (χ0n) is 18.7. The molecule has 0 radical (unpaired) electrons. The SMILES string of the molecule is CC12C[C@H](NC(=O)Nc3ccccc3)C(C)(O1)[C@H]1C(=O)N(c3ccc(C#N)c(CF)c3)C(=O)[C@H]12. The molecule has 0 saturated carbocycles. The van der Waals surface area contributed by atoms with Gasteiger partial charge in [0.25, 0.3) is 0 Å². The van der Waals surface area contributed by atoms with Crippen LogP contribution in [0, 0.1) is 23.2 Å². The molecule has 2 aromatic rings. The molecule has 2 aromatic carbocycles. The quantitative estimate of drug-likeness (QED) is 0.678. The predicted molar refractivity (Wildman–Crippen MR) is 120 cm³/mol. The Bertz CT molecular complexity index is 1250. The molecular weight excluding hydrogens is 439 g/mol. The van der Waals surface area contributed by atoms with E-state index in [-0.39, 0.29) is 16.8 Å². The number of nitrogens with one attached hydrogen (secondary N) is 2.